The summed E-state index contributed by atoms with van der Waals surface area (Å²) in [5, 5.41) is 12.8. The zero-order chi connectivity index (χ0) is 15.6. The largest absolute Gasteiger partial charge is 0.308 e. The van der Waals surface area contributed by atoms with Gasteiger partial charge in [-0.3, -0.25) is 14.9 Å². The summed E-state index contributed by atoms with van der Waals surface area (Å²) in [5.41, 5.74) is -1.86. The fourth-order valence-corrected chi connectivity index (χ4v) is 1.83. The van der Waals surface area contributed by atoms with E-state index in [2.05, 4.69) is 10.3 Å². The smallest absolute Gasteiger partial charge is 0.306 e. The fourth-order valence-electron chi connectivity index (χ4n) is 1.51. The number of hydrogen-bond donors (Lipinski definition) is 1. The second-order valence-electron chi connectivity index (χ2n) is 3.86. The molecule has 0 atom stereocenters. The molecule has 0 aliphatic rings. The first kappa shape index (κ1) is 15.2. The zero-order valence-electron chi connectivity index (χ0n) is 10.1. The number of aromatic nitrogens is 1. The standard InChI is InChI=1S/C12H6F2IN3O3/c13-6-3-8(11(14)9(4-6)18(20)21)12(19)17-10-2-1-7(15)5-16-10/h1-5H,(H,16,17,19). The van der Waals surface area contributed by atoms with Gasteiger partial charge < -0.3 is 5.32 Å². The third-order valence-corrected chi connectivity index (χ3v) is 3.07. The molecule has 1 amide bonds. The van der Waals surface area contributed by atoms with Gasteiger partial charge in [-0.05, 0) is 40.8 Å². The Hall–Kier alpha value is -2.17. The van der Waals surface area contributed by atoms with E-state index in [-0.39, 0.29) is 5.82 Å². The SMILES string of the molecule is O=C(Nc1ccc(I)cn1)c1cc(F)cc([N+](=O)[O-])c1F. The minimum absolute atomic E-state index is 0.117. The molecule has 0 fully saturated rings. The normalized spacial score (nSPS) is 10.2. The van der Waals surface area contributed by atoms with Gasteiger partial charge in [0, 0.05) is 9.77 Å². The Kier molecular flexibility index (Phi) is 4.40. The van der Waals surface area contributed by atoms with Gasteiger partial charge in [-0.2, -0.15) is 4.39 Å². The van der Waals surface area contributed by atoms with Crippen LogP contribution in [0.3, 0.4) is 0 Å². The van der Waals surface area contributed by atoms with Crippen LogP contribution in [0, 0.1) is 25.3 Å². The highest BCUT2D eigenvalue weighted by Gasteiger charge is 2.24. The van der Waals surface area contributed by atoms with Gasteiger partial charge in [0.2, 0.25) is 5.82 Å². The summed E-state index contributed by atoms with van der Waals surface area (Å²) in [6, 6.07) is 4.11. The molecule has 0 saturated heterocycles. The quantitative estimate of drug-likeness (QED) is 0.483. The average Bonchev–Trinajstić information content (AvgIpc) is 2.43. The van der Waals surface area contributed by atoms with Crippen LogP contribution in [0.25, 0.3) is 0 Å². The minimum atomic E-state index is -1.40. The number of nitro benzene ring substituents is 1. The lowest BCUT2D eigenvalue weighted by atomic mass is 10.1. The van der Waals surface area contributed by atoms with E-state index in [1.165, 1.54) is 12.3 Å². The van der Waals surface area contributed by atoms with E-state index >= 15 is 0 Å². The topological polar surface area (TPSA) is 85.1 Å². The number of pyridine rings is 1. The van der Waals surface area contributed by atoms with Gasteiger partial charge in [0.1, 0.15) is 11.6 Å². The first-order valence-corrected chi connectivity index (χ1v) is 6.52. The predicted octanol–water partition coefficient (Wildman–Crippen LogP) is 3.12. The lowest BCUT2D eigenvalue weighted by Gasteiger charge is -2.06. The number of benzene rings is 1. The molecule has 0 aliphatic carbocycles. The maximum atomic E-state index is 13.8. The Balaban J connectivity index is 2.35. The average molecular weight is 405 g/mol. The predicted molar refractivity (Wildman–Crippen MR) is 77.9 cm³/mol. The molecule has 0 saturated carbocycles. The Morgan fingerprint density at radius 3 is 2.62 bits per heavy atom. The van der Waals surface area contributed by atoms with Crippen molar-refractivity contribution in [1.82, 2.24) is 4.98 Å². The van der Waals surface area contributed by atoms with Crippen molar-refractivity contribution in [1.29, 1.82) is 0 Å². The molecule has 1 aromatic heterocycles. The molecule has 0 radical (unpaired) electrons. The maximum Gasteiger partial charge on any atom is 0.308 e. The van der Waals surface area contributed by atoms with E-state index < -0.39 is 33.7 Å². The monoisotopic (exact) mass is 405 g/mol. The first-order chi connectivity index (χ1) is 9.88. The third kappa shape index (κ3) is 3.48. The second kappa shape index (κ2) is 6.08. The molecule has 2 rings (SSSR count). The van der Waals surface area contributed by atoms with Crippen molar-refractivity contribution in [2.45, 2.75) is 0 Å². The molecular weight excluding hydrogens is 399 g/mol. The molecule has 1 heterocycles. The Morgan fingerprint density at radius 2 is 2.05 bits per heavy atom. The second-order valence-corrected chi connectivity index (χ2v) is 5.10. The molecule has 108 valence electrons. The molecule has 0 bridgehead atoms. The summed E-state index contributed by atoms with van der Waals surface area (Å²) in [6.07, 6.45) is 1.46. The highest BCUT2D eigenvalue weighted by Crippen LogP contribution is 2.23. The van der Waals surface area contributed by atoms with Gasteiger partial charge in [-0.15, -0.1) is 0 Å². The molecule has 0 spiro atoms. The summed E-state index contributed by atoms with van der Waals surface area (Å²) < 4.78 is 27.9. The van der Waals surface area contributed by atoms with Crippen molar-refractivity contribution in [3.8, 4) is 0 Å². The van der Waals surface area contributed by atoms with E-state index in [9.17, 15) is 23.7 Å². The van der Waals surface area contributed by atoms with Gasteiger partial charge in [0.15, 0.2) is 0 Å². The van der Waals surface area contributed by atoms with Crippen LogP contribution >= 0.6 is 22.6 Å². The van der Waals surface area contributed by atoms with Crippen molar-refractivity contribution in [3.05, 3.63) is 61.3 Å². The number of carbonyl (C=O) groups is 1. The number of nitro groups is 1. The van der Waals surface area contributed by atoms with Crippen LogP contribution in [0.1, 0.15) is 10.4 Å². The van der Waals surface area contributed by atoms with Crippen molar-refractivity contribution < 1.29 is 18.5 Å². The fraction of sp³-hybridized carbons (Fsp3) is 0. The van der Waals surface area contributed by atoms with Crippen molar-refractivity contribution in [2.24, 2.45) is 0 Å². The van der Waals surface area contributed by atoms with Crippen molar-refractivity contribution in [2.75, 3.05) is 5.32 Å². The third-order valence-electron chi connectivity index (χ3n) is 2.43. The molecule has 2 aromatic rings. The summed E-state index contributed by atoms with van der Waals surface area (Å²) >= 11 is 2.00. The van der Waals surface area contributed by atoms with Crippen LogP contribution in [0.5, 0.6) is 0 Å². The zero-order valence-corrected chi connectivity index (χ0v) is 12.3. The molecule has 1 aromatic carbocycles. The molecule has 6 nitrogen and oxygen atoms in total. The lowest BCUT2D eigenvalue weighted by molar-refractivity contribution is -0.387. The highest BCUT2D eigenvalue weighted by atomic mass is 127. The maximum absolute atomic E-state index is 13.8. The van der Waals surface area contributed by atoms with Crippen LogP contribution in [-0.2, 0) is 0 Å². The Labute approximate surface area is 130 Å². The van der Waals surface area contributed by atoms with Gasteiger partial charge in [-0.25, -0.2) is 9.37 Å². The Bertz CT molecular complexity index is 722. The highest BCUT2D eigenvalue weighted by molar-refractivity contribution is 14.1. The van der Waals surface area contributed by atoms with Crippen LogP contribution in [0.15, 0.2) is 30.5 Å². The molecular formula is C12H6F2IN3O3. The van der Waals surface area contributed by atoms with Gasteiger partial charge in [-0.1, -0.05) is 0 Å². The van der Waals surface area contributed by atoms with Crippen molar-refractivity contribution >= 4 is 40.0 Å². The molecule has 0 unspecified atom stereocenters. The van der Waals surface area contributed by atoms with E-state index in [0.717, 1.165) is 3.57 Å². The van der Waals surface area contributed by atoms with Gasteiger partial charge >= 0.3 is 5.69 Å². The number of nitrogens with one attached hydrogen (secondary N) is 1. The van der Waals surface area contributed by atoms with E-state index in [1.807, 2.05) is 22.6 Å². The molecule has 0 aliphatic heterocycles. The lowest BCUT2D eigenvalue weighted by Crippen LogP contribution is -2.16. The molecule has 9 heteroatoms. The Morgan fingerprint density at radius 1 is 1.33 bits per heavy atom. The summed E-state index contributed by atoms with van der Waals surface area (Å²) in [6.45, 7) is 0. The van der Waals surface area contributed by atoms with Crippen molar-refractivity contribution in [3.63, 3.8) is 0 Å². The number of nitrogens with zero attached hydrogens (tertiary/aromatic N) is 2. The van der Waals surface area contributed by atoms with Crippen LogP contribution in [-0.4, -0.2) is 15.8 Å². The van der Waals surface area contributed by atoms with E-state index in [4.69, 9.17) is 0 Å². The number of anilines is 1. The van der Waals surface area contributed by atoms with Crippen LogP contribution < -0.4 is 5.32 Å². The number of rotatable bonds is 3. The molecule has 21 heavy (non-hydrogen) atoms. The van der Waals surface area contributed by atoms with Crippen LogP contribution in [0.4, 0.5) is 20.3 Å². The summed E-state index contributed by atoms with van der Waals surface area (Å²) in [5.74, 6) is -3.39. The minimum Gasteiger partial charge on any atom is -0.306 e. The number of hydrogen-bond acceptors (Lipinski definition) is 4. The first-order valence-electron chi connectivity index (χ1n) is 5.45. The molecule has 1 N–H and O–H groups in total. The van der Waals surface area contributed by atoms with Gasteiger partial charge in [0.25, 0.3) is 5.91 Å². The number of halogens is 3. The summed E-state index contributed by atoms with van der Waals surface area (Å²) in [7, 11) is 0. The van der Waals surface area contributed by atoms with E-state index in [1.54, 1.807) is 6.07 Å². The number of carbonyl (C=O) groups excluding carboxylic acids is 1. The number of amides is 1. The van der Waals surface area contributed by atoms with Crippen LogP contribution in [0.2, 0.25) is 0 Å². The van der Waals surface area contributed by atoms with E-state index in [0.29, 0.717) is 12.1 Å². The van der Waals surface area contributed by atoms with Gasteiger partial charge in [0.05, 0.1) is 16.6 Å². The summed E-state index contributed by atoms with van der Waals surface area (Å²) in [4.78, 5) is 25.2.